The Morgan fingerprint density at radius 3 is 2.56 bits per heavy atom. The lowest BCUT2D eigenvalue weighted by Crippen LogP contribution is -2.31. The first-order chi connectivity index (χ1) is 15.4. The first-order valence-corrected chi connectivity index (χ1v) is 11.1. The highest BCUT2D eigenvalue weighted by Crippen LogP contribution is 2.36. The fourth-order valence-electron chi connectivity index (χ4n) is 4.07. The minimum Gasteiger partial charge on any atom is -0.372 e. The average Bonchev–Trinajstić information content (AvgIpc) is 3.24. The van der Waals surface area contributed by atoms with Gasteiger partial charge in [0.2, 0.25) is 5.95 Å². The summed E-state index contributed by atoms with van der Waals surface area (Å²) in [6, 6.07) is 13.3. The number of rotatable bonds is 6. The Balaban J connectivity index is 1.73. The van der Waals surface area contributed by atoms with E-state index in [2.05, 4.69) is 63.7 Å². The lowest BCUT2D eigenvalue weighted by molar-refractivity contribution is -0.113. The molecule has 1 atom stereocenters. The molecule has 0 fully saturated rings. The third kappa shape index (κ3) is 4.08. The molecule has 0 saturated carbocycles. The number of halogens is 1. The summed E-state index contributed by atoms with van der Waals surface area (Å²) in [5, 5.41) is 11.2. The van der Waals surface area contributed by atoms with Crippen molar-refractivity contribution in [1.29, 1.82) is 0 Å². The molecule has 2 aromatic carbocycles. The lowest BCUT2D eigenvalue weighted by Gasteiger charge is -2.29. The molecular weight excluding hydrogens is 424 g/mol. The highest BCUT2D eigenvalue weighted by atomic mass is 35.5. The molecule has 0 aliphatic carbocycles. The predicted molar refractivity (Wildman–Crippen MR) is 129 cm³/mol. The van der Waals surface area contributed by atoms with Crippen LogP contribution in [-0.4, -0.2) is 33.8 Å². The molecule has 0 radical (unpaired) electrons. The van der Waals surface area contributed by atoms with Gasteiger partial charge < -0.3 is 15.5 Å². The zero-order valence-electron chi connectivity index (χ0n) is 18.7. The number of hydrogen-bond acceptors (Lipinski definition) is 5. The number of nitrogens with one attached hydrogen (secondary N) is 2. The van der Waals surface area contributed by atoms with Crippen LogP contribution in [0.1, 0.15) is 37.9 Å². The van der Waals surface area contributed by atoms with Crippen molar-refractivity contribution in [3.05, 3.63) is 76.2 Å². The number of benzene rings is 2. The normalized spacial score (nSPS) is 15.2. The summed E-state index contributed by atoms with van der Waals surface area (Å²) in [6.45, 7) is 9.96. The molecule has 0 unspecified atom stereocenters. The van der Waals surface area contributed by atoms with Gasteiger partial charge in [0.15, 0.2) is 0 Å². The minimum absolute atomic E-state index is 0.209. The van der Waals surface area contributed by atoms with E-state index in [0.717, 1.165) is 35.6 Å². The van der Waals surface area contributed by atoms with Gasteiger partial charge in [-0.25, -0.2) is 4.68 Å². The van der Waals surface area contributed by atoms with Crippen molar-refractivity contribution in [2.45, 2.75) is 33.7 Å². The summed E-state index contributed by atoms with van der Waals surface area (Å²) in [5.74, 6) is 0.398. The van der Waals surface area contributed by atoms with Crippen molar-refractivity contribution >= 4 is 34.8 Å². The van der Waals surface area contributed by atoms with Gasteiger partial charge in [0.25, 0.3) is 5.91 Å². The van der Waals surface area contributed by atoms with Crippen molar-refractivity contribution in [1.82, 2.24) is 14.8 Å². The van der Waals surface area contributed by atoms with Crippen LogP contribution in [0.2, 0.25) is 5.02 Å². The molecule has 32 heavy (non-hydrogen) atoms. The van der Waals surface area contributed by atoms with Crippen LogP contribution in [0.4, 0.5) is 17.3 Å². The molecule has 7 nitrogen and oxygen atoms in total. The molecule has 3 aromatic rings. The summed E-state index contributed by atoms with van der Waals surface area (Å²) < 4.78 is 1.75. The molecule has 2 heterocycles. The van der Waals surface area contributed by atoms with Gasteiger partial charge in [0.05, 0.1) is 5.57 Å². The highest BCUT2D eigenvalue weighted by Gasteiger charge is 2.33. The Bertz CT molecular complexity index is 1160. The summed E-state index contributed by atoms with van der Waals surface area (Å²) in [5.41, 5.74) is 5.04. The SMILES string of the molecule is CCN(CC)c1ccc([C@H]2C(C(=O)Nc3cc(Cl)ccc3C)=C(C)Nc3ncnn32)cc1. The number of carbonyl (C=O) groups excluding carboxylic acids is 1. The van der Waals surface area contributed by atoms with Crippen LogP contribution < -0.4 is 15.5 Å². The van der Waals surface area contributed by atoms with E-state index in [1.807, 2.05) is 19.9 Å². The third-order valence-corrected chi connectivity index (χ3v) is 6.06. The number of fused-ring (bicyclic) bond motifs is 1. The first kappa shape index (κ1) is 21.9. The number of carbonyl (C=O) groups is 1. The van der Waals surface area contributed by atoms with Crippen molar-refractivity contribution in [2.75, 3.05) is 28.6 Å². The maximum absolute atomic E-state index is 13.5. The Hall–Kier alpha value is -3.32. The molecule has 1 aromatic heterocycles. The second-order valence-electron chi connectivity index (χ2n) is 7.77. The largest absolute Gasteiger partial charge is 0.372 e. The van der Waals surface area contributed by atoms with Gasteiger partial charge in [-0.05, 0) is 63.1 Å². The van der Waals surface area contributed by atoms with E-state index in [-0.39, 0.29) is 5.91 Å². The van der Waals surface area contributed by atoms with E-state index in [0.29, 0.717) is 22.2 Å². The summed E-state index contributed by atoms with van der Waals surface area (Å²) in [6.07, 6.45) is 1.49. The topological polar surface area (TPSA) is 75.1 Å². The molecule has 2 N–H and O–H groups in total. The third-order valence-electron chi connectivity index (χ3n) is 5.82. The Labute approximate surface area is 193 Å². The van der Waals surface area contributed by atoms with E-state index < -0.39 is 6.04 Å². The van der Waals surface area contributed by atoms with Gasteiger partial charge in [0.1, 0.15) is 12.4 Å². The van der Waals surface area contributed by atoms with Gasteiger partial charge in [-0.1, -0.05) is 29.8 Å². The number of allylic oxidation sites excluding steroid dienone is 1. The second kappa shape index (κ2) is 9.04. The molecular formula is C24H27ClN6O. The molecule has 4 rings (SSSR count). The van der Waals surface area contributed by atoms with E-state index in [4.69, 9.17) is 11.6 Å². The molecule has 0 spiro atoms. The van der Waals surface area contributed by atoms with Crippen LogP contribution in [0.15, 0.2) is 60.1 Å². The monoisotopic (exact) mass is 450 g/mol. The standard InChI is InChI=1S/C24H27ClN6O/c1-5-30(6-2)19-11-8-17(9-12-19)22-21(16(4)28-24-26-14-27-31(22)24)23(32)29-20-13-18(25)10-7-15(20)3/h7-14,22H,5-6H2,1-4H3,(H,29,32)(H,26,27,28)/t22-/m0/s1. The summed E-state index contributed by atoms with van der Waals surface area (Å²) in [4.78, 5) is 20.1. The number of amides is 1. The quantitative estimate of drug-likeness (QED) is 0.552. The van der Waals surface area contributed by atoms with Crippen LogP contribution in [0.25, 0.3) is 0 Å². The molecule has 1 aliphatic rings. The summed E-state index contributed by atoms with van der Waals surface area (Å²) >= 11 is 6.15. The smallest absolute Gasteiger partial charge is 0.255 e. The lowest BCUT2D eigenvalue weighted by atomic mass is 9.94. The van der Waals surface area contributed by atoms with Crippen molar-refractivity contribution in [2.24, 2.45) is 0 Å². The minimum atomic E-state index is -0.404. The Morgan fingerprint density at radius 2 is 1.88 bits per heavy atom. The van der Waals surface area contributed by atoms with E-state index in [1.54, 1.807) is 16.8 Å². The fourth-order valence-corrected chi connectivity index (χ4v) is 4.24. The Kier molecular flexibility index (Phi) is 6.19. The van der Waals surface area contributed by atoms with Gasteiger partial charge >= 0.3 is 0 Å². The number of hydrogen-bond donors (Lipinski definition) is 2. The number of aromatic nitrogens is 3. The van der Waals surface area contributed by atoms with Crippen LogP contribution in [-0.2, 0) is 4.79 Å². The molecule has 8 heteroatoms. The van der Waals surface area contributed by atoms with Gasteiger partial charge in [-0.2, -0.15) is 10.1 Å². The molecule has 166 valence electrons. The van der Waals surface area contributed by atoms with Crippen molar-refractivity contribution in [3.63, 3.8) is 0 Å². The van der Waals surface area contributed by atoms with Gasteiger partial charge in [-0.3, -0.25) is 4.79 Å². The molecule has 0 bridgehead atoms. The van der Waals surface area contributed by atoms with Crippen LogP contribution in [0.3, 0.4) is 0 Å². The van der Waals surface area contributed by atoms with E-state index in [1.165, 1.54) is 6.33 Å². The molecule has 1 amide bonds. The first-order valence-electron chi connectivity index (χ1n) is 10.7. The summed E-state index contributed by atoms with van der Waals surface area (Å²) in [7, 11) is 0. The highest BCUT2D eigenvalue weighted by molar-refractivity contribution is 6.31. The average molecular weight is 451 g/mol. The fraction of sp³-hybridized carbons (Fsp3) is 0.292. The predicted octanol–water partition coefficient (Wildman–Crippen LogP) is 5.01. The van der Waals surface area contributed by atoms with Crippen molar-refractivity contribution < 1.29 is 4.79 Å². The van der Waals surface area contributed by atoms with Gasteiger partial charge in [0, 0.05) is 35.2 Å². The van der Waals surface area contributed by atoms with Gasteiger partial charge in [-0.15, -0.1) is 0 Å². The molecule has 0 saturated heterocycles. The van der Waals surface area contributed by atoms with Crippen LogP contribution in [0.5, 0.6) is 0 Å². The van der Waals surface area contributed by atoms with Crippen molar-refractivity contribution in [3.8, 4) is 0 Å². The number of nitrogens with zero attached hydrogens (tertiary/aromatic N) is 4. The number of anilines is 3. The zero-order chi connectivity index (χ0) is 22.8. The van der Waals surface area contributed by atoms with E-state index >= 15 is 0 Å². The number of aryl methyl sites for hydroxylation is 1. The second-order valence-corrected chi connectivity index (χ2v) is 8.21. The Morgan fingerprint density at radius 1 is 1.16 bits per heavy atom. The zero-order valence-corrected chi connectivity index (χ0v) is 19.4. The van der Waals surface area contributed by atoms with Crippen LogP contribution >= 0.6 is 11.6 Å². The molecule has 1 aliphatic heterocycles. The van der Waals surface area contributed by atoms with E-state index in [9.17, 15) is 4.79 Å². The maximum atomic E-state index is 13.5. The maximum Gasteiger partial charge on any atom is 0.255 e. The van der Waals surface area contributed by atoms with Crippen LogP contribution in [0, 0.1) is 6.92 Å².